The quantitative estimate of drug-likeness (QED) is 0.405. The van der Waals surface area contributed by atoms with E-state index in [9.17, 15) is 0 Å². The van der Waals surface area contributed by atoms with Crippen LogP contribution >= 0.6 is 0 Å². The van der Waals surface area contributed by atoms with E-state index >= 15 is 0 Å². The molecule has 0 radical (unpaired) electrons. The molecule has 0 amide bonds. The van der Waals surface area contributed by atoms with Gasteiger partial charge in [0.25, 0.3) is 0 Å². The third kappa shape index (κ3) is 3.30. The lowest BCUT2D eigenvalue weighted by molar-refractivity contribution is 0.648. The molecular formula is C27H26N6. The molecule has 0 bridgehead atoms. The first-order valence-electron chi connectivity index (χ1n) is 11.5. The summed E-state index contributed by atoms with van der Waals surface area (Å²) in [5.74, 6) is 1.01. The highest BCUT2D eigenvalue weighted by Gasteiger charge is 2.23. The van der Waals surface area contributed by atoms with Crippen molar-refractivity contribution >= 4 is 28.1 Å². The van der Waals surface area contributed by atoms with Crippen LogP contribution in [0.5, 0.6) is 0 Å². The lowest BCUT2D eigenvalue weighted by Crippen LogP contribution is -2.47. The largest absolute Gasteiger partial charge is 0.368 e. The van der Waals surface area contributed by atoms with Crippen molar-refractivity contribution in [2.24, 2.45) is 0 Å². The third-order valence-corrected chi connectivity index (χ3v) is 6.77. The standard InChI is InChI=1S/C27H26N6/c1-19-9-8-14-23(20(19)2)31-15-17-32(18-16-31)26-22-12-6-7-13-24(22)33-27(28-26)25(29-30-33)21-10-4-3-5-11-21/h3-14H,15-18H2,1-2H3. The Kier molecular flexibility index (Phi) is 4.72. The van der Waals surface area contributed by atoms with E-state index in [0.29, 0.717) is 0 Å². The minimum Gasteiger partial charge on any atom is -0.368 e. The van der Waals surface area contributed by atoms with Crippen molar-refractivity contribution < 1.29 is 0 Å². The molecule has 3 aromatic carbocycles. The van der Waals surface area contributed by atoms with Crippen molar-refractivity contribution in [3.05, 3.63) is 83.9 Å². The first-order valence-corrected chi connectivity index (χ1v) is 11.5. The van der Waals surface area contributed by atoms with E-state index in [1.54, 1.807) is 0 Å². The third-order valence-electron chi connectivity index (χ3n) is 6.77. The van der Waals surface area contributed by atoms with Crippen molar-refractivity contribution in [2.75, 3.05) is 36.0 Å². The molecule has 0 saturated carbocycles. The maximum absolute atomic E-state index is 5.14. The van der Waals surface area contributed by atoms with E-state index in [1.165, 1.54) is 16.8 Å². The smallest absolute Gasteiger partial charge is 0.186 e. The monoisotopic (exact) mass is 434 g/mol. The minimum absolute atomic E-state index is 0.798. The molecule has 1 aliphatic heterocycles. The normalized spacial score (nSPS) is 14.4. The van der Waals surface area contributed by atoms with Crippen LogP contribution in [-0.2, 0) is 0 Å². The molecule has 0 aliphatic carbocycles. The molecular weight excluding hydrogens is 408 g/mol. The summed E-state index contributed by atoms with van der Waals surface area (Å²) in [6.07, 6.45) is 0. The molecule has 33 heavy (non-hydrogen) atoms. The molecule has 1 aliphatic rings. The summed E-state index contributed by atoms with van der Waals surface area (Å²) in [7, 11) is 0. The zero-order valence-electron chi connectivity index (χ0n) is 18.9. The molecule has 1 fully saturated rings. The highest BCUT2D eigenvalue weighted by atomic mass is 15.4. The minimum atomic E-state index is 0.798. The summed E-state index contributed by atoms with van der Waals surface area (Å²) in [6, 6.07) is 25.1. The number of benzene rings is 3. The zero-order valence-corrected chi connectivity index (χ0v) is 18.9. The Morgan fingerprint density at radius 1 is 0.727 bits per heavy atom. The molecule has 6 heteroatoms. The van der Waals surface area contributed by atoms with Crippen molar-refractivity contribution in [1.82, 2.24) is 19.8 Å². The Balaban J connectivity index is 1.40. The number of fused-ring (bicyclic) bond motifs is 3. The number of rotatable bonds is 3. The number of hydrogen-bond acceptors (Lipinski definition) is 5. The van der Waals surface area contributed by atoms with Gasteiger partial charge in [-0.25, -0.2) is 4.98 Å². The highest BCUT2D eigenvalue weighted by Crippen LogP contribution is 2.31. The van der Waals surface area contributed by atoms with E-state index in [-0.39, 0.29) is 0 Å². The van der Waals surface area contributed by atoms with E-state index in [0.717, 1.165) is 59.8 Å². The van der Waals surface area contributed by atoms with Crippen LogP contribution in [-0.4, -0.2) is 46.0 Å². The van der Waals surface area contributed by atoms with Crippen LogP contribution in [0.1, 0.15) is 11.1 Å². The zero-order chi connectivity index (χ0) is 22.4. The number of aryl methyl sites for hydroxylation is 1. The van der Waals surface area contributed by atoms with E-state index in [2.05, 4.69) is 82.5 Å². The van der Waals surface area contributed by atoms with Gasteiger partial charge in [0.2, 0.25) is 0 Å². The molecule has 6 rings (SSSR count). The predicted molar refractivity (Wildman–Crippen MR) is 134 cm³/mol. The lowest BCUT2D eigenvalue weighted by atomic mass is 10.1. The van der Waals surface area contributed by atoms with Crippen molar-refractivity contribution in [2.45, 2.75) is 13.8 Å². The van der Waals surface area contributed by atoms with E-state index in [4.69, 9.17) is 4.98 Å². The second-order valence-electron chi connectivity index (χ2n) is 8.69. The van der Waals surface area contributed by atoms with Crippen molar-refractivity contribution in [1.29, 1.82) is 0 Å². The topological polar surface area (TPSA) is 49.6 Å². The van der Waals surface area contributed by atoms with E-state index in [1.807, 2.05) is 28.8 Å². The molecule has 3 heterocycles. The molecule has 0 unspecified atom stereocenters. The van der Waals surface area contributed by atoms with Crippen LogP contribution in [0.2, 0.25) is 0 Å². The Morgan fingerprint density at radius 2 is 1.45 bits per heavy atom. The summed E-state index contributed by atoms with van der Waals surface area (Å²) < 4.78 is 1.87. The van der Waals surface area contributed by atoms with Crippen LogP contribution in [0.4, 0.5) is 11.5 Å². The molecule has 0 N–H and O–H groups in total. The van der Waals surface area contributed by atoms with Gasteiger partial charge in [-0.2, -0.15) is 4.52 Å². The summed E-state index contributed by atoms with van der Waals surface area (Å²) in [5.41, 5.74) is 7.73. The van der Waals surface area contributed by atoms with Crippen LogP contribution in [0.15, 0.2) is 72.8 Å². The average molecular weight is 435 g/mol. The number of aromatic nitrogens is 4. The van der Waals surface area contributed by atoms with Gasteiger partial charge in [0, 0.05) is 42.8 Å². The van der Waals surface area contributed by atoms with Gasteiger partial charge in [0.1, 0.15) is 11.5 Å². The fourth-order valence-corrected chi connectivity index (χ4v) is 4.81. The maximum Gasteiger partial charge on any atom is 0.186 e. The average Bonchev–Trinajstić information content (AvgIpc) is 3.30. The van der Waals surface area contributed by atoms with Crippen LogP contribution in [0.25, 0.3) is 27.8 Å². The molecule has 5 aromatic rings. The number of piperazine rings is 1. The maximum atomic E-state index is 5.14. The van der Waals surface area contributed by atoms with Gasteiger partial charge in [-0.05, 0) is 43.2 Å². The Labute approximate surface area is 193 Å². The number of hydrogen-bond donors (Lipinski definition) is 0. The summed E-state index contributed by atoms with van der Waals surface area (Å²) in [5, 5.41) is 10.1. The van der Waals surface area contributed by atoms with Gasteiger partial charge in [0.05, 0.1) is 5.52 Å². The van der Waals surface area contributed by atoms with Crippen molar-refractivity contribution in [3.63, 3.8) is 0 Å². The first kappa shape index (κ1) is 19.7. The molecule has 0 atom stereocenters. The fraction of sp³-hybridized carbons (Fsp3) is 0.222. The summed E-state index contributed by atoms with van der Waals surface area (Å²) in [6.45, 7) is 8.18. The predicted octanol–water partition coefficient (Wildman–Crippen LogP) is 4.89. The molecule has 6 nitrogen and oxygen atoms in total. The number of para-hydroxylation sites is 1. The second kappa shape index (κ2) is 7.89. The van der Waals surface area contributed by atoms with Gasteiger partial charge in [-0.1, -0.05) is 59.8 Å². The Bertz CT molecular complexity index is 1450. The molecule has 2 aromatic heterocycles. The molecule has 1 saturated heterocycles. The lowest BCUT2D eigenvalue weighted by Gasteiger charge is -2.38. The molecule has 164 valence electrons. The van der Waals surface area contributed by atoms with Crippen molar-refractivity contribution in [3.8, 4) is 11.3 Å². The Hall–Kier alpha value is -3.93. The first-order chi connectivity index (χ1) is 16.2. The number of nitrogens with zero attached hydrogens (tertiary/aromatic N) is 6. The van der Waals surface area contributed by atoms with Crippen LogP contribution in [0, 0.1) is 13.8 Å². The number of anilines is 2. The van der Waals surface area contributed by atoms with Gasteiger partial charge < -0.3 is 9.80 Å². The van der Waals surface area contributed by atoms with Crippen LogP contribution < -0.4 is 9.80 Å². The highest BCUT2D eigenvalue weighted by molar-refractivity contribution is 5.93. The fourth-order valence-electron chi connectivity index (χ4n) is 4.81. The van der Waals surface area contributed by atoms with E-state index < -0.39 is 0 Å². The van der Waals surface area contributed by atoms with Gasteiger partial charge >= 0.3 is 0 Å². The Morgan fingerprint density at radius 3 is 2.27 bits per heavy atom. The summed E-state index contributed by atoms with van der Waals surface area (Å²) in [4.78, 5) is 10.0. The van der Waals surface area contributed by atoms with Gasteiger partial charge in [0.15, 0.2) is 5.65 Å². The van der Waals surface area contributed by atoms with Gasteiger partial charge in [-0.15, -0.1) is 5.10 Å². The SMILES string of the molecule is Cc1cccc(N2CCN(c3nc4c(-c5ccccc5)nnn4c4ccccc34)CC2)c1C. The molecule has 0 spiro atoms. The second-order valence-corrected chi connectivity index (χ2v) is 8.69. The summed E-state index contributed by atoms with van der Waals surface area (Å²) >= 11 is 0. The van der Waals surface area contributed by atoms with Gasteiger partial charge in [-0.3, -0.25) is 0 Å². The van der Waals surface area contributed by atoms with Crippen LogP contribution in [0.3, 0.4) is 0 Å².